The number of nitrogen functional groups attached to an aromatic ring is 1. The molecule has 0 saturated heterocycles. The lowest BCUT2D eigenvalue weighted by molar-refractivity contribution is 0.140. The van der Waals surface area contributed by atoms with Crippen molar-refractivity contribution in [2.24, 2.45) is 0 Å². The van der Waals surface area contributed by atoms with Gasteiger partial charge in [0.2, 0.25) is 5.95 Å². The number of rotatable bonds is 2. The van der Waals surface area contributed by atoms with Gasteiger partial charge in [0.1, 0.15) is 5.69 Å². The molecule has 13 heavy (non-hydrogen) atoms. The van der Waals surface area contributed by atoms with Gasteiger partial charge in [0.15, 0.2) is 0 Å². The lowest BCUT2D eigenvalue weighted by atomic mass is 10.1. The summed E-state index contributed by atoms with van der Waals surface area (Å²) in [6.45, 7) is -0.682. The van der Waals surface area contributed by atoms with Gasteiger partial charge >= 0.3 is 0 Å². The first kappa shape index (κ1) is 9.79. The molecule has 3 N–H and O–H groups in total. The molecule has 0 unspecified atom stereocenters. The van der Waals surface area contributed by atoms with Crippen LogP contribution in [-0.4, -0.2) is 10.1 Å². The second-order valence-electron chi connectivity index (χ2n) is 2.36. The molecule has 0 aliphatic heterocycles. The Labute approximate surface area is 72.0 Å². The quantitative estimate of drug-likeness (QED) is 0.693. The second-order valence-corrected chi connectivity index (χ2v) is 2.36. The zero-order valence-electron chi connectivity index (χ0n) is 6.47. The normalized spacial score (nSPS) is 10.8. The molecule has 0 saturated carbocycles. The van der Waals surface area contributed by atoms with E-state index in [0.29, 0.717) is 0 Å². The summed E-state index contributed by atoms with van der Waals surface area (Å²) in [6.07, 6.45) is -2.94. The van der Waals surface area contributed by atoms with Gasteiger partial charge in [-0.05, 0) is 0 Å². The highest BCUT2D eigenvalue weighted by atomic mass is 19.3. The van der Waals surface area contributed by atoms with Crippen LogP contribution < -0.4 is 5.73 Å². The number of aliphatic hydroxyl groups is 1. The number of aromatic nitrogens is 1. The van der Waals surface area contributed by atoms with Crippen molar-refractivity contribution in [1.82, 2.24) is 4.98 Å². The minimum atomic E-state index is -2.94. The molecule has 6 heteroatoms. The van der Waals surface area contributed by atoms with E-state index in [-0.39, 0.29) is 11.3 Å². The van der Waals surface area contributed by atoms with E-state index in [0.717, 1.165) is 6.07 Å². The number of halogens is 3. The van der Waals surface area contributed by atoms with Crippen molar-refractivity contribution in [1.29, 1.82) is 0 Å². The molecule has 0 amide bonds. The molecule has 1 rings (SSSR count). The molecule has 0 bridgehead atoms. The number of nitrogens with two attached hydrogens (primary N) is 1. The van der Waals surface area contributed by atoms with Gasteiger partial charge in [0.05, 0.1) is 6.61 Å². The van der Waals surface area contributed by atoms with E-state index in [4.69, 9.17) is 10.8 Å². The second kappa shape index (κ2) is 3.61. The van der Waals surface area contributed by atoms with Gasteiger partial charge in [-0.15, -0.1) is 0 Å². The number of hydrogen-bond acceptors (Lipinski definition) is 3. The van der Waals surface area contributed by atoms with Crippen LogP contribution in [0.4, 0.5) is 18.9 Å². The zero-order chi connectivity index (χ0) is 10.0. The van der Waals surface area contributed by atoms with Crippen molar-refractivity contribution in [3.63, 3.8) is 0 Å². The maximum atomic E-state index is 12.5. The van der Waals surface area contributed by atoms with Crippen molar-refractivity contribution >= 4 is 5.69 Å². The number of hydrogen-bond donors (Lipinski definition) is 2. The largest absolute Gasteiger partial charge is 0.398 e. The summed E-state index contributed by atoms with van der Waals surface area (Å²) >= 11 is 0. The molecular formula is C7H7F3N2O. The molecule has 0 spiro atoms. The van der Waals surface area contributed by atoms with Crippen LogP contribution in [0.3, 0.4) is 0 Å². The van der Waals surface area contributed by atoms with Gasteiger partial charge in [-0.1, -0.05) is 0 Å². The van der Waals surface area contributed by atoms with E-state index >= 15 is 0 Å². The van der Waals surface area contributed by atoms with Crippen LogP contribution in [0.1, 0.15) is 17.7 Å². The molecule has 0 fully saturated rings. The Bertz CT molecular complexity index is 317. The van der Waals surface area contributed by atoms with Crippen molar-refractivity contribution in [3.8, 4) is 0 Å². The lowest BCUT2D eigenvalue weighted by Gasteiger charge is -2.07. The summed E-state index contributed by atoms with van der Waals surface area (Å²) in [5.74, 6) is -1.08. The smallest absolute Gasteiger partial charge is 0.280 e. The fourth-order valence-corrected chi connectivity index (χ4v) is 0.931. The van der Waals surface area contributed by atoms with E-state index in [1.807, 2.05) is 0 Å². The first-order valence-electron chi connectivity index (χ1n) is 3.40. The highest BCUT2D eigenvalue weighted by Gasteiger charge is 2.18. The molecule has 1 aromatic heterocycles. The number of pyridine rings is 1. The van der Waals surface area contributed by atoms with Gasteiger partial charge in [-0.2, -0.15) is 4.39 Å². The number of nitrogens with zero attached hydrogens (tertiary/aromatic N) is 1. The van der Waals surface area contributed by atoms with E-state index in [9.17, 15) is 13.2 Å². The maximum absolute atomic E-state index is 12.5. The Hall–Kier alpha value is -1.30. The first-order chi connectivity index (χ1) is 6.06. The first-order valence-corrected chi connectivity index (χ1v) is 3.40. The molecule has 0 aliphatic rings. The van der Waals surface area contributed by atoms with E-state index in [1.165, 1.54) is 0 Å². The monoisotopic (exact) mass is 192 g/mol. The Balaban J connectivity index is 3.29. The van der Waals surface area contributed by atoms with Crippen LogP contribution in [0, 0.1) is 5.95 Å². The fourth-order valence-electron chi connectivity index (χ4n) is 0.931. The predicted octanol–water partition coefficient (Wildman–Crippen LogP) is 1.23. The van der Waals surface area contributed by atoms with Gasteiger partial charge in [-0.3, -0.25) is 0 Å². The van der Waals surface area contributed by atoms with E-state index in [1.54, 1.807) is 0 Å². The number of anilines is 1. The van der Waals surface area contributed by atoms with Crippen molar-refractivity contribution in [2.75, 3.05) is 5.73 Å². The molecule has 0 radical (unpaired) electrons. The third-order valence-electron chi connectivity index (χ3n) is 1.52. The van der Waals surface area contributed by atoms with Gasteiger partial charge < -0.3 is 10.8 Å². The highest BCUT2D eigenvalue weighted by molar-refractivity contribution is 5.48. The zero-order valence-corrected chi connectivity index (χ0v) is 6.47. The van der Waals surface area contributed by atoms with Crippen LogP contribution in [0.2, 0.25) is 0 Å². The van der Waals surface area contributed by atoms with E-state index in [2.05, 4.69) is 4.98 Å². The molecule has 72 valence electrons. The van der Waals surface area contributed by atoms with Crippen LogP contribution in [0.5, 0.6) is 0 Å². The molecule has 0 aliphatic carbocycles. The average molecular weight is 192 g/mol. The average Bonchev–Trinajstić information content (AvgIpc) is 2.02. The predicted molar refractivity (Wildman–Crippen MR) is 39.5 cm³/mol. The Morgan fingerprint density at radius 1 is 1.54 bits per heavy atom. The van der Waals surface area contributed by atoms with Gasteiger partial charge in [0, 0.05) is 17.3 Å². The minimum Gasteiger partial charge on any atom is -0.398 e. The highest BCUT2D eigenvalue weighted by Crippen LogP contribution is 2.25. The molecule has 1 heterocycles. The van der Waals surface area contributed by atoms with Crippen LogP contribution in [-0.2, 0) is 6.61 Å². The third-order valence-corrected chi connectivity index (χ3v) is 1.52. The molecular weight excluding hydrogens is 185 g/mol. The van der Waals surface area contributed by atoms with Gasteiger partial charge in [0.25, 0.3) is 6.43 Å². The summed E-state index contributed by atoms with van der Waals surface area (Å²) in [5.41, 5.74) is 3.95. The fraction of sp³-hybridized carbons (Fsp3) is 0.286. The topological polar surface area (TPSA) is 59.1 Å². The summed E-state index contributed by atoms with van der Waals surface area (Å²) in [7, 11) is 0. The number of aliphatic hydroxyl groups excluding tert-OH is 1. The Morgan fingerprint density at radius 2 is 2.15 bits per heavy atom. The molecule has 0 aromatic carbocycles. The van der Waals surface area contributed by atoms with Crippen molar-refractivity contribution in [2.45, 2.75) is 13.0 Å². The van der Waals surface area contributed by atoms with Gasteiger partial charge in [-0.25, -0.2) is 13.8 Å². The molecule has 1 aromatic rings. The molecule has 0 atom stereocenters. The third kappa shape index (κ3) is 1.89. The van der Waals surface area contributed by atoms with Crippen LogP contribution in [0.25, 0.3) is 0 Å². The lowest BCUT2D eigenvalue weighted by Crippen LogP contribution is -2.05. The minimum absolute atomic E-state index is 0.217. The molecule has 3 nitrogen and oxygen atoms in total. The van der Waals surface area contributed by atoms with Crippen LogP contribution in [0.15, 0.2) is 6.07 Å². The van der Waals surface area contributed by atoms with Crippen molar-refractivity contribution < 1.29 is 18.3 Å². The number of alkyl halides is 2. The summed E-state index contributed by atoms with van der Waals surface area (Å²) in [6, 6.07) is 0.789. The summed E-state index contributed by atoms with van der Waals surface area (Å²) in [5, 5.41) is 8.66. The standard InChI is InChI=1S/C7H7F3N2O/c8-5-1-4(11)3(2-13)6(12-5)7(9)10/h1,7,13H,2H2,(H2,11,12). The van der Waals surface area contributed by atoms with E-state index < -0.39 is 24.7 Å². The Morgan fingerprint density at radius 3 is 2.62 bits per heavy atom. The Kier molecular flexibility index (Phi) is 2.72. The maximum Gasteiger partial charge on any atom is 0.280 e. The van der Waals surface area contributed by atoms with Crippen LogP contribution >= 0.6 is 0 Å². The van der Waals surface area contributed by atoms with Crippen molar-refractivity contribution in [3.05, 3.63) is 23.3 Å². The summed E-state index contributed by atoms with van der Waals surface area (Å²) < 4.78 is 36.9. The summed E-state index contributed by atoms with van der Waals surface area (Å²) in [4.78, 5) is 2.95. The SMILES string of the molecule is Nc1cc(F)nc(C(F)F)c1CO.